The maximum atomic E-state index is 12.5. The number of nitrogens with two attached hydrogens (primary N) is 1. The van der Waals surface area contributed by atoms with Crippen molar-refractivity contribution < 1.29 is 18.7 Å². The zero-order valence-corrected chi connectivity index (χ0v) is 8.27. The fourth-order valence-electron chi connectivity index (χ4n) is 0.936. The minimum absolute atomic E-state index is 0.00168. The van der Waals surface area contributed by atoms with Crippen molar-refractivity contribution in [3.05, 3.63) is 30.1 Å². The van der Waals surface area contributed by atoms with Gasteiger partial charge in [0.15, 0.2) is 0 Å². The molecule has 1 atom stereocenters. The molecule has 5 heteroatoms. The van der Waals surface area contributed by atoms with Crippen LogP contribution < -0.4 is 10.5 Å². The Morgan fingerprint density at radius 3 is 2.60 bits per heavy atom. The van der Waals surface area contributed by atoms with Crippen LogP contribution in [-0.4, -0.2) is 25.7 Å². The molecule has 0 radical (unpaired) electrons. The smallest absolute Gasteiger partial charge is 0.326 e. The highest BCUT2D eigenvalue weighted by Crippen LogP contribution is 2.10. The maximum Gasteiger partial charge on any atom is 0.326 e. The van der Waals surface area contributed by atoms with E-state index in [1.807, 2.05) is 0 Å². The Bertz CT molecular complexity index is 326. The summed E-state index contributed by atoms with van der Waals surface area (Å²) >= 11 is 0. The van der Waals surface area contributed by atoms with Crippen LogP contribution in [0, 0.1) is 5.82 Å². The zero-order valence-electron chi connectivity index (χ0n) is 8.27. The number of benzene rings is 1. The molecule has 1 aromatic rings. The molecule has 0 fully saturated rings. The number of hydrogen-bond acceptors (Lipinski definition) is 4. The number of carbonyl (C=O) groups is 1. The van der Waals surface area contributed by atoms with Gasteiger partial charge in [-0.15, -0.1) is 0 Å². The van der Waals surface area contributed by atoms with E-state index in [4.69, 9.17) is 10.5 Å². The minimum Gasteiger partial charge on any atom is -0.491 e. The van der Waals surface area contributed by atoms with Gasteiger partial charge in [-0.2, -0.15) is 0 Å². The summed E-state index contributed by atoms with van der Waals surface area (Å²) in [6.07, 6.45) is 0. The first-order chi connectivity index (χ1) is 7.13. The van der Waals surface area contributed by atoms with Crippen molar-refractivity contribution in [3.8, 4) is 5.75 Å². The second kappa shape index (κ2) is 5.31. The van der Waals surface area contributed by atoms with Crippen LogP contribution in [0.5, 0.6) is 5.75 Å². The molecule has 1 aromatic carbocycles. The molecule has 0 bridgehead atoms. The highest BCUT2D eigenvalue weighted by Gasteiger charge is 2.13. The van der Waals surface area contributed by atoms with Gasteiger partial charge in [0.05, 0.1) is 7.11 Å². The summed E-state index contributed by atoms with van der Waals surface area (Å²) in [5.74, 6) is -0.438. The molecule has 2 N–H and O–H groups in total. The standard InChI is InChI=1S/C10H12FNO3/c1-14-10(13)9(12)6-15-8-4-2-7(11)3-5-8/h2-5,9H,6,12H2,1H3/t9-/m1/s1. The molecule has 0 spiro atoms. The largest absolute Gasteiger partial charge is 0.491 e. The normalized spacial score (nSPS) is 11.9. The number of esters is 1. The van der Waals surface area contributed by atoms with Crippen molar-refractivity contribution >= 4 is 5.97 Å². The lowest BCUT2D eigenvalue weighted by atomic mass is 10.3. The van der Waals surface area contributed by atoms with Crippen molar-refractivity contribution in [2.24, 2.45) is 5.73 Å². The summed E-state index contributed by atoms with van der Waals surface area (Å²) < 4.78 is 22.1. The minimum atomic E-state index is -0.833. The van der Waals surface area contributed by atoms with Crippen LogP contribution >= 0.6 is 0 Å². The molecular weight excluding hydrogens is 201 g/mol. The third-order valence-corrected chi connectivity index (χ3v) is 1.75. The van der Waals surface area contributed by atoms with E-state index in [1.165, 1.54) is 31.4 Å². The first-order valence-electron chi connectivity index (χ1n) is 4.35. The summed E-state index contributed by atoms with van der Waals surface area (Å²) in [4.78, 5) is 10.9. The molecule has 0 unspecified atom stereocenters. The molecule has 0 aliphatic heterocycles. The molecule has 0 aliphatic rings. The van der Waals surface area contributed by atoms with Crippen molar-refractivity contribution in [2.75, 3.05) is 13.7 Å². The average Bonchev–Trinajstić information content (AvgIpc) is 2.26. The summed E-state index contributed by atoms with van der Waals surface area (Å²) in [6, 6.07) is 4.61. The lowest BCUT2D eigenvalue weighted by Crippen LogP contribution is -2.37. The quantitative estimate of drug-likeness (QED) is 0.748. The summed E-state index contributed by atoms with van der Waals surface area (Å²) in [7, 11) is 1.25. The van der Waals surface area contributed by atoms with Crippen LogP contribution in [0.15, 0.2) is 24.3 Å². The predicted molar refractivity (Wildman–Crippen MR) is 51.9 cm³/mol. The molecule has 0 saturated carbocycles. The number of halogens is 1. The molecule has 0 aromatic heterocycles. The van der Waals surface area contributed by atoms with Gasteiger partial charge in [-0.05, 0) is 24.3 Å². The van der Waals surface area contributed by atoms with Gasteiger partial charge in [0.25, 0.3) is 0 Å². The lowest BCUT2D eigenvalue weighted by Gasteiger charge is -2.10. The molecule has 0 aliphatic carbocycles. The summed E-state index contributed by atoms with van der Waals surface area (Å²) in [5, 5.41) is 0. The number of rotatable bonds is 4. The Balaban J connectivity index is 2.43. The molecule has 0 heterocycles. The second-order valence-corrected chi connectivity index (χ2v) is 2.89. The average molecular weight is 213 g/mol. The van der Waals surface area contributed by atoms with Gasteiger partial charge in [0.1, 0.15) is 24.2 Å². The fourth-order valence-corrected chi connectivity index (χ4v) is 0.936. The van der Waals surface area contributed by atoms with Crippen molar-refractivity contribution in [3.63, 3.8) is 0 Å². The number of ether oxygens (including phenoxy) is 2. The van der Waals surface area contributed by atoms with Gasteiger partial charge in [-0.3, -0.25) is 4.79 Å². The third-order valence-electron chi connectivity index (χ3n) is 1.75. The van der Waals surface area contributed by atoms with Gasteiger partial charge < -0.3 is 15.2 Å². The Labute approximate surface area is 86.8 Å². The van der Waals surface area contributed by atoms with E-state index in [9.17, 15) is 9.18 Å². The van der Waals surface area contributed by atoms with Crippen molar-refractivity contribution in [1.29, 1.82) is 0 Å². The number of carbonyl (C=O) groups excluding carboxylic acids is 1. The van der Waals surface area contributed by atoms with Gasteiger partial charge in [0.2, 0.25) is 0 Å². The van der Waals surface area contributed by atoms with E-state index in [1.54, 1.807) is 0 Å². The van der Waals surface area contributed by atoms with E-state index in [2.05, 4.69) is 4.74 Å². The van der Waals surface area contributed by atoms with E-state index in [0.717, 1.165) is 0 Å². The van der Waals surface area contributed by atoms with E-state index >= 15 is 0 Å². The van der Waals surface area contributed by atoms with Crippen molar-refractivity contribution in [1.82, 2.24) is 0 Å². The van der Waals surface area contributed by atoms with E-state index < -0.39 is 12.0 Å². The topological polar surface area (TPSA) is 61.5 Å². The Hall–Kier alpha value is -1.62. The number of methoxy groups -OCH3 is 1. The zero-order chi connectivity index (χ0) is 11.3. The summed E-state index contributed by atoms with van der Waals surface area (Å²) in [5.41, 5.74) is 5.43. The van der Waals surface area contributed by atoms with Crippen LogP contribution in [0.4, 0.5) is 4.39 Å². The monoisotopic (exact) mass is 213 g/mol. The molecule has 0 amide bonds. The van der Waals surface area contributed by atoms with E-state index in [-0.39, 0.29) is 12.4 Å². The van der Waals surface area contributed by atoms with E-state index in [0.29, 0.717) is 5.75 Å². The Kier molecular flexibility index (Phi) is 4.05. The first kappa shape index (κ1) is 11.5. The summed E-state index contributed by atoms with van der Waals surface area (Å²) in [6.45, 7) is -0.00168. The van der Waals surface area contributed by atoms with Crippen LogP contribution in [0.25, 0.3) is 0 Å². The first-order valence-corrected chi connectivity index (χ1v) is 4.35. The molecule has 82 valence electrons. The van der Waals surface area contributed by atoms with Gasteiger partial charge in [-0.25, -0.2) is 4.39 Å². The SMILES string of the molecule is COC(=O)[C@H](N)COc1ccc(F)cc1. The van der Waals surface area contributed by atoms with Crippen molar-refractivity contribution in [2.45, 2.75) is 6.04 Å². The fraction of sp³-hybridized carbons (Fsp3) is 0.300. The maximum absolute atomic E-state index is 12.5. The second-order valence-electron chi connectivity index (χ2n) is 2.89. The molecule has 0 saturated heterocycles. The third kappa shape index (κ3) is 3.55. The lowest BCUT2D eigenvalue weighted by molar-refractivity contribution is -0.142. The molecule has 4 nitrogen and oxygen atoms in total. The van der Waals surface area contributed by atoms with Gasteiger partial charge in [-0.1, -0.05) is 0 Å². The Morgan fingerprint density at radius 2 is 2.07 bits per heavy atom. The number of hydrogen-bond donors (Lipinski definition) is 1. The predicted octanol–water partition coefficient (Wildman–Crippen LogP) is 0.705. The van der Waals surface area contributed by atoms with Crippen LogP contribution in [0.3, 0.4) is 0 Å². The van der Waals surface area contributed by atoms with Crippen LogP contribution in [0.1, 0.15) is 0 Å². The van der Waals surface area contributed by atoms with Crippen LogP contribution in [-0.2, 0) is 9.53 Å². The molecule has 1 rings (SSSR count). The highest BCUT2D eigenvalue weighted by atomic mass is 19.1. The van der Waals surface area contributed by atoms with Crippen LogP contribution in [0.2, 0.25) is 0 Å². The molecular formula is C10H12FNO3. The highest BCUT2D eigenvalue weighted by molar-refractivity contribution is 5.75. The van der Waals surface area contributed by atoms with Gasteiger partial charge >= 0.3 is 5.97 Å². The van der Waals surface area contributed by atoms with Gasteiger partial charge in [0, 0.05) is 0 Å². The molecule has 15 heavy (non-hydrogen) atoms. The Morgan fingerprint density at radius 1 is 1.47 bits per heavy atom.